The van der Waals surface area contributed by atoms with Crippen LogP contribution in [0.5, 0.6) is 0 Å². The number of hydrogen-bond acceptors (Lipinski definition) is 2. The third-order valence-corrected chi connectivity index (χ3v) is 8.81. The third-order valence-electron chi connectivity index (χ3n) is 8.81. The lowest BCUT2D eigenvalue weighted by atomic mass is 9.80. The van der Waals surface area contributed by atoms with Gasteiger partial charge >= 0.3 is 0 Å². The fourth-order valence-electron chi connectivity index (χ4n) is 6.35. The molecule has 5 rings (SSSR count). The highest BCUT2D eigenvalue weighted by molar-refractivity contribution is 6.01. The van der Waals surface area contributed by atoms with E-state index in [1.807, 2.05) is 60.0 Å². The van der Waals surface area contributed by atoms with Gasteiger partial charge in [0.2, 0.25) is 0 Å². The number of unbranched alkanes of at least 4 members (excludes halogenated alkanes) is 1. The minimum Gasteiger partial charge on any atom is -0.334 e. The summed E-state index contributed by atoms with van der Waals surface area (Å²) in [7, 11) is 0. The van der Waals surface area contributed by atoms with Crippen molar-refractivity contribution in [1.29, 1.82) is 0 Å². The second-order valence-electron chi connectivity index (χ2n) is 11.6. The van der Waals surface area contributed by atoms with Crippen LogP contribution in [0.4, 0.5) is 4.39 Å². The van der Waals surface area contributed by atoms with Gasteiger partial charge in [-0.1, -0.05) is 87.9 Å². The topological polar surface area (TPSA) is 42.3 Å². The van der Waals surface area contributed by atoms with Crippen molar-refractivity contribution in [1.82, 2.24) is 9.47 Å². The zero-order valence-corrected chi connectivity index (χ0v) is 22.7. The summed E-state index contributed by atoms with van der Waals surface area (Å²) < 4.78 is 16.0. The van der Waals surface area contributed by atoms with Crippen molar-refractivity contribution in [2.75, 3.05) is 0 Å². The van der Waals surface area contributed by atoms with Crippen LogP contribution in [0.2, 0.25) is 0 Å². The molecule has 0 bridgehead atoms. The molecule has 1 fully saturated rings. The van der Waals surface area contributed by atoms with Gasteiger partial charge in [0.05, 0.1) is 6.54 Å². The van der Waals surface area contributed by atoms with Crippen molar-refractivity contribution >= 4 is 11.7 Å². The molecule has 2 aromatic carbocycles. The zero-order valence-electron chi connectivity index (χ0n) is 22.7. The Morgan fingerprint density at radius 2 is 1.68 bits per heavy atom. The SMILES string of the molecule is CC1CCC(CCCCC(=O)C2(C)Cn3c(ccc3-c3ccccc3)C(=O)N2Cc2cccc(F)c2)CC1. The minimum atomic E-state index is -1.01. The molecular formula is C33H39FN2O2. The second-order valence-corrected chi connectivity index (χ2v) is 11.6. The lowest BCUT2D eigenvalue weighted by molar-refractivity contribution is -0.131. The third kappa shape index (κ3) is 5.48. The number of aromatic nitrogens is 1. The number of halogens is 1. The van der Waals surface area contributed by atoms with Crippen molar-refractivity contribution in [3.63, 3.8) is 0 Å². The van der Waals surface area contributed by atoms with Crippen LogP contribution in [-0.2, 0) is 17.9 Å². The molecule has 2 aliphatic rings. The van der Waals surface area contributed by atoms with Crippen molar-refractivity contribution in [2.24, 2.45) is 11.8 Å². The number of ketones is 1. The number of amides is 1. The van der Waals surface area contributed by atoms with Gasteiger partial charge in [0.1, 0.15) is 17.1 Å². The lowest BCUT2D eigenvalue weighted by Crippen LogP contribution is -2.60. The van der Waals surface area contributed by atoms with Gasteiger partial charge in [-0.05, 0) is 60.6 Å². The van der Waals surface area contributed by atoms with E-state index in [0.717, 1.165) is 35.9 Å². The minimum absolute atomic E-state index is 0.0814. The Balaban J connectivity index is 1.37. The van der Waals surface area contributed by atoms with Crippen LogP contribution >= 0.6 is 0 Å². The Morgan fingerprint density at radius 1 is 0.947 bits per heavy atom. The molecule has 1 aromatic heterocycles. The fourth-order valence-corrected chi connectivity index (χ4v) is 6.35. The Labute approximate surface area is 225 Å². The summed E-state index contributed by atoms with van der Waals surface area (Å²) >= 11 is 0. The first-order valence-corrected chi connectivity index (χ1v) is 14.2. The van der Waals surface area contributed by atoms with Gasteiger partial charge < -0.3 is 9.47 Å². The zero-order chi connectivity index (χ0) is 26.7. The summed E-state index contributed by atoms with van der Waals surface area (Å²) in [5.74, 6) is 1.19. The monoisotopic (exact) mass is 514 g/mol. The molecular weight excluding hydrogens is 475 g/mol. The van der Waals surface area contributed by atoms with Gasteiger partial charge in [0.15, 0.2) is 5.78 Å². The molecule has 1 amide bonds. The summed E-state index contributed by atoms with van der Waals surface area (Å²) in [5.41, 5.74) is 2.19. The molecule has 1 aliphatic heterocycles. The summed E-state index contributed by atoms with van der Waals surface area (Å²) in [5, 5.41) is 0. The first kappa shape index (κ1) is 26.4. The van der Waals surface area contributed by atoms with Crippen LogP contribution in [-0.4, -0.2) is 26.7 Å². The molecule has 200 valence electrons. The molecule has 0 N–H and O–H groups in total. The summed E-state index contributed by atoms with van der Waals surface area (Å²) in [6.45, 7) is 4.83. The maximum Gasteiger partial charge on any atom is 0.271 e. The normalized spacial score (nSPS) is 23.3. The van der Waals surface area contributed by atoms with Crippen molar-refractivity contribution in [3.05, 3.63) is 83.8 Å². The molecule has 5 heteroatoms. The highest BCUT2D eigenvalue weighted by atomic mass is 19.1. The molecule has 2 heterocycles. The molecule has 0 spiro atoms. The summed E-state index contributed by atoms with van der Waals surface area (Å²) in [6.07, 6.45) is 8.77. The quantitative estimate of drug-likeness (QED) is 0.275. The maximum absolute atomic E-state index is 14.0. The predicted molar refractivity (Wildman–Crippen MR) is 149 cm³/mol. The van der Waals surface area contributed by atoms with E-state index in [-0.39, 0.29) is 24.1 Å². The number of carbonyl (C=O) groups is 2. The average Bonchev–Trinajstić information content (AvgIpc) is 3.34. The molecule has 0 radical (unpaired) electrons. The molecule has 1 aliphatic carbocycles. The van der Waals surface area contributed by atoms with Gasteiger partial charge in [0, 0.05) is 18.7 Å². The van der Waals surface area contributed by atoms with Crippen LogP contribution < -0.4 is 0 Å². The molecule has 0 saturated heterocycles. The van der Waals surface area contributed by atoms with Crippen LogP contribution in [0.15, 0.2) is 66.7 Å². The van der Waals surface area contributed by atoms with Gasteiger partial charge in [-0.15, -0.1) is 0 Å². The molecule has 1 unspecified atom stereocenters. The number of hydrogen-bond donors (Lipinski definition) is 0. The number of benzene rings is 2. The highest BCUT2D eigenvalue weighted by Gasteiger charge is 2.47. The van der Waals surface area contributed by atoms with E-state index >= 15 is 0 Å². The second kappa shape index (κ2) is 11.3. The largest absolute Gasteiger partial charge is 0.334 e. The van der Waals surface area contributed by atoms with Gasteiger partial charge in [-0.3, -0.25) is 9.59 Å². The van der Waals surface area contributed by atoms with Crippen molar-refractivity contribution in [2.45, 2.75) is 83.8 Å². The Bertz CT molecular complexity index is 1280. The lowest BCUT2D eigenvalue weighted by Gasteiger charge is -2.45. The van der Waals surface area contributed by atoms with Crippen molar-refractivity contribution in [3.8, 4) is 11.3 Å². The number of Topliss-reactive ketones (excluding diaryl/α,β-unsaturated/α-hetero) is 1. The summed E-state index contributed by atoms with van der Waals surface area (Å²) in [4.78, 5) is 29.5. The van der Waals surface area contributed by atoms with Crippen molar-refractivity contribution < 1.29 is 14.0 Å². The first-order chi connectivity index (χ1) is 18.3. The van der Waals surface area contributed by atoms with E-state index < -0.39 is 5.54 Å². The molecule has 1 saturated carbocycles. The summed E-state index contributed by atoms with van der Waals surface area (Å²) in [6, 6.07) is 20.1. The smallest absolute Gasteiger partial charge is 0.271 e. The molecule has 38 heavy (non-hydrogen) atoms. The Morgan fingerprint density at radius 3 is 2.42 bits per heavy atom. The van der Waals surface area contributed by atoms with E-state index in [1.165, 1.54) is 44.2 Å². The van der Waals surface area contributed by atoms with Crippen LogP contribution in [0.25, 0.3) is 11.3 Å². The molecule has 3 aromatic rings. The molecule has 4 nitrogen and oxygen atoms in total. The standard InChI is InChI=1S/C33H39FN2O2/c1-24-15-17-25(18-16-24)9-6-7-14-31(37)33(2)23-35-29(27-11-4-3-5-12-27)19-20-30(35)32(38)36(33)22-26-10-8-13-28(34)21-26/h3-5,8,10-13,19-21,24-25H,6-7,9,14-18,22-23H2,1-2H3. The Hall–Kier alpha value is -3.21. The van der Waals surface area contributed by atoms with E-state index in [0.29, 0.717) is 24.2 Å². The maximum atomic E-state index is 14.0. The number of carbonyl (C=O) groups excluding carboxylic acids is 2. The number of fused-ring (bicyclic) bond motifs is 1. The van der Waals surface area contributed by atoms with Crippen LogP contribution in [0.1, 0.15) is 81.3 Å². The van der Waals surface area contributed by atoms with Gasteiger partial charge in [-0.25, -0.2) is 4.39 Å². The molecule has 1 atom stereocenters. The number of nitrogens with zero attached hydrogens (tertiary/aromatic N) is 2. The van der Waals surface area contributed by atoms with Crippen LogP contribution in [0, 0.1) is 17.7 Å². The van der Waals surface area contributed by atoms with Gasteiger partial charge in [-0.2, -0.15) is 0 Å². The van der Waals surface area contributed by atoms with Gasteiger partial charge in [0.25, 0.3) is 5.91 Å². The van der Waals surface area contributed by atoms with E-state index in [2.05, 4.69) is 6.92 Å². The first-order valence-electron chi connectivity index (χ1n) is 14.2. The average molecular weight is 515 g/mol. The number of rotatable bonds is 9. The fraction of sp³-hybridized carbons (Fsp3) is 0.455. The highest BCUT2D eigenvalue weighted by Crippen LogP contribution is 2.36. The van der Waals surface area contributed by atoms with E-state index in [9.17, 15) is 14.0 Å². The Kier molecular flexibility index (Phi) is 7.83. The predicted octanol–water partition coefficient (Wildman–Crippen LogP) is 7.66. The van der Waals surface area contributed by atoms with E-state index in [1.54, 1.807) is 11.0 Å². The van der Waals surface area contributed by atoms with Crippen LogP contribution in [0.3, 0.4) is 0 Å². The van der Waals surface area contributed by atoms with E-state index in [4.69, 9.17) is 0 Å².